The van der Waals surface area contributed by atoms with Gasteiger partial charge in [0.2, 0.25) is 0 Å². The smallest absolute Gasteiger partial charge is 0.256 e. The minimum Gasteiger partial charge on any atom is -0.382 e. The Morgan fingerprint density at radius 2 is 1.69 bits per heavy atom. The minimum atomic E-state index is -0.0616. The molecule has 29 heavy (non-hydrogen) atoms. The van der Waals surface area contributed by atoms with E-state index in [1.165, 1.54) is 32.1 Å². The van der Waals surface area contributed by atoms with Crippen molar-refractivity contribution in [3.05, 3.63) is 54.1 Å². The van der Waals surface area contributed by atoms with Gasteiger partial charge in [0, 0.05) is 34.7 Å². The molecule has 2 aromatic carbocycles. The Hall–Kier alpha value is -1.98. The maximum absolute atomic E-state index is 12.9. The second kappa shape index (κ2) is 10.2. The molecule has 4 nitrogen and oxygen atoms in total. The molecule has 1 unspecified atom stereocenters. The zero-order valence-corrected chi connectivity index (χ0v) is 17.7. The van der Waals surface area contributed by atoms with Gasteiger partial charge in [0.05, 0.1) is 11.7 Å². The van der Waals surface area contributed by atoms with E-state index in [9.17, 15) is 4.79 Å². The van der Waals surface area contributed by atoms with Crippen LogP contribution in [0.1, 0.15) is 55.3 Å². The molecule has 4 rings (SSSR count). The minimum absolute atomic E-state index is 0.0616. The quantitative estimate of drug-likeness (QED) is 0.553. The third-order valence-corrected chi connectivity index (χ3v) is 6.90. The van der Waals surface area contributed by atoms with E-state index < -0.39 is 0 Å². The summed E-state index contributed by atoms with van der Waals surface area (Å²) in [7, 11) is 0. The van der Waals surface area contributed by atoms with Crippen LogP contribution in [0.4, 0.5) is 11.4 Å². The molecular weight excluding hydrogens is 380 g/mol. The summed E-state index contributed by atoms with van der Waals surface area (Å²) in [5, 5.41) is 6.66. The van der Waals surface area contributed by atoms with Crippen molar-refractivity contribution in [2.24, 2.45) is 0 Å². The van der Waals surface area contributed by atoms with Crippen molar-refractivity contribution >= 4 is 29.0 Å². The topological polar surface area (TPSA) is 50.4 Å². The Bertz CT molecular complexity index is 797. The maximum Gasteiger partial charge on any atom is 0.256 e. The van der Waals surface area contributed by atoms with E-state index in [-0.39, 0.29) is 5.91 Å². The molecule has 5 heteroatoms. The van der Waals surface area contributed by atoms with Gasteiger partial charge in [-0.15, -0.1) is 11.8 Å². The van der Waals surface area contributed by atoms with Gasteiger partial charge < -0.3 is 15.4 Å². The first-order valence-electron chi connectivity index (χ1n) is 10.8. The lowest BCUT2D eigenvalue weighted by Crippen LogP contribution is -2.22. The van der Waals surface area contributed by atoms with Gasteiger partial charge in [-0.3, -0.25) is 4.79 Å². The largest absolute Gasteiger partial charge is 0.382 e. The standard InChI is InChI=1S/C24H30N2O2S/c27-24(22-10-4-5-11-23(22)29-17-21-9-6-16-28-21)26-20-14-12-19(13-15-20)25-18-7-2-1-3-8-18/h4-5,10-15,18,21,25H,1-3,6-9,16-17H2,(H,26,27). The molecule has 1 amide bonds. The van der Waals surface area contributed by atoms with Gasteiger partial charge in [-0.1, -0.05) is 31.4 Å². The average Bonchev–Trinajstić information content (AvgIpc) is 3.28. The van der Waals surface area contributed by atoms with E-state index in [1.54, 1.807) is 11.8 Å². The van der Waals surface area contributed by atoms with Gasteiger partial charge in [-0.2, -0.15) is 0 Å². The molecule has 1 saturated carbocycles. The second-order valence-electron chi connectivity index (χ2n) is 7.95. The van der Waals surface area contributed by atoms with E-state index in [4.69, 9.17) is 4.74 Å². The van der Waals surface area contributed by atoms with Crippen LogP contribution in [0.15, 0.2) is 53.4 Å². The molecule has 154 valence electrons. The third-order valence-electron chi connectivity index (χ3n) is 5.70. The first-order chi connectivity index (χ1) is 14.3. The van der Waals surface area contributed by atoms with Gasteiger partial charge in [-0.05, 0) is 62.1 Å². The van der Waals surface area contributed by atoms with Gasteiger partial charge in [-0.25, -0.2) is 0 Å². The van der Waals surface area contributed by atoms with Gasteiger partial charge in [0.15, 0.2) is 0 Å². The number of benzene rings is 2. The lowest BCUT2D eigenvalue weighted by Gasteiger charge is -2.24. The molecule has 1 atom stereocenters. The van der Waals surface area contributed by atoms with Crippen molar-refractivity contribution in [2.75, 3.05) is 23.0 Å². The normalized spacial score (nSPS) is 19.8. The van der Waals surface area contributed by atoms with Crippen LogP contribution in [-0.2, 0) is 4.74 Å². The summed E-state index contributed by atoms with van der Waals surface area (Å²) in [6.07, 6.45) is 9.04. The average molecular weight is 411 g/mol. The fourth-order valence-corrected chi connectivity index (χ4v) is 5.19. The van der Waals surface area contributed by atoms with Gasteiger partial charge in [0.25, 0.3) is 5.91 Å². The first kappa shape index (κ1) is 20.3. The highest BCUT2D eigenvalue weighted by atomic mass is 32.2. The van der Waals surface area contributed by atoms with Gasteiger partial charge >= 0.3 is 0 Å². The van der Waals surface area contributed by atoms with Crippen LogP contribution in [0.2, 0.25) is 0 Å². The van der Waals surface area contributed by atoms with Crippen molar-refractivity contribution in [3.8, 4) is 0 Å². The molecule has 1 saturated heterocycles. The number of carbonyl (C=O) groups excluding carboxylic acids is 1. The van der Waals surface area contributed by atoms with Crippen LogP contribution >= 0.6 is 11.8 Å². The lowest BCUT2D eigenvalue weighted by atomic mass is 9.95. The van der Waals surface area contributed by atoms with E-state index >= 15 is 0 Å². The molecule has 0 aromatic heterocycles. The molecule has 0 spiro atoms. The Balaban J connectivity index is 1.35. The number of amides is 1. The number of ether oxygens (including phenoxy) is 1. The van der Waals surface area contributed by atoms with Crippen molar-refractivity contribution < 1.29 is 9.53 Å². The molecule has 0 radical (unpaired) electrons. The summed E-state index contributed by atoms with van der Waals surface area (Å²) in [5.74, 6) is 0.833. The zero-order chi connectivity index (χ0) is 19.9. The number of rotatable bonds is 7. The Morgan fingerprint density at radius 3 is 2.45 bits per heavy atom. The number of thioether (sulfide) groups is 1. The van der Waals surface area contributed by atoms with E-state index in [0.29, 0.717) is 12.1 Å². The fourth-order valence-electron chi connectivity index (χ4n) is 4.07. The monoisotopic (exact) mass is 410 g/mol. The summed E-state index contributed by atoms with van der Waals surface area (Å²) >= 11 is 1.71. The summed E-state index contributed by atoms with van der Waals surface area (Å²) in [6.45, 7) is 0.860. The van der Waals surface area contributed by atoms with Crippen LogP contribution in [0.3, 0.4) is 0 Å². The van der Waals surface area contributed by atoms with Crippen LogP contribution in [0.25, 0.3) is 0 Å². The van der Waals surface area contributed by atoms with Crippen molar-refractivity contribution in [1.82, 2.24) is 0 Å². The molecular formula is C24H30N2O2S. The summed E-state index contributed by atoms with van der Waals surface area (Å²) in [6, 6.07) is 16.5. The predicted octanol–water partition coefficient (Wildman–Crippen LogP) is 5.95. The fraction of sp³-hybridized carbons (Fsp3) is 0.458. The second-order valence-corrected chi connectivity index (χ2v) is 9.01. The maximum atomic E-state index is 12.9. The Kier molecular flexibility index (Phi) is 7.12. The molecule has 1 aliphatic heterocycles. The highest BCUT2D eigenvalue weighted by molar-refractivity contribution is 7.99. The van der Waals surface area contributed by atoms with Crippen LogP contribution in [-0.4, -0.2) is 30.4 Å². The summed E-state index contributed by atoms with van der Waals surface area (Å²) in [5.41, 5.74) is 2.67. The molecule has 2 N–H and O–H groups in total. The van der Waals surface area contributed by atoms with Crippen LogP contribution in [0.5, 0.6) is 0 Å². The van der Waals surface area contributed by atoms with Crippen molar-refractivity contribution in [2.45, 2.75) is 62.0 Å². The summed E-state index contributed by atoms with van der Waals surface area (Å²) in [4.78, 5) is 13.9. The third kappa shape index (κ3) is 5.77. The van der Waals surface area contributed by atoms with E-state index in [0.717, 1.165) is 47.0 Å². The lowest BCUT2D eigenvalue weighted by molar-refractivity contribution is 0.102. The predicted molar refractivity (Wildman–Crippen MR) is 121 cm³/mol. The van der Waals surface area contributed by atoms with Crippen LogP contribution < -0.4 is 10.6 Å². The van der Waals surface area contributed by atoms with Crippen molar-refractivity contribution in [3.63, 3.8) is 0 Å². The molecule has 2 fully saturated rings. The molecule has 0 bridgehead atoms. The Labute approximate surface area is 177 Å². The van der Waals surface area contributed by atoms with E-state index in [1.807, 2.05) is 36.4 Å². The molecule has 1 heterocycles. The highest BCUT2D eigenvalue weighted by Crippen LogP contribution is 2.28. The number of nitrogens with one attached hydrogen (secondary N) is 2. The molecule has 2 aliphatic rings. The highest BCUT2D eigenvalue weighted by Gasteiger charge is 2.18. The molecule has 2 aromatic rings. The summed E-state index contributed by atoms with van der Waals surface area (Å²) < 4.78 is 5.71. The number of hydrogen-bond acceptors (Lipinski definition) is 4. The number of hydrogen-bond donors (Lipinski definition) is 2. The Morgan fingerprint density at radius 1 is 0.931 bits per heavy atom. The van der Waals surface area contributed by atoms with Crippen LogP contribution in [0, 0.1) is 0 Å². The molecule has 1 aliphatic carbocycles. The number of carbonyl (C=O) groups is 1. The first-order valence-corrected chi connectivity index (χ1v) is 11.8. The van der Waals surface area contributed by atoms with Gasteiger partial charge in [0.1, 0.15) is 0 Å². The van der Waals surface area contributed by atoms with Crippen molar-refractivity contribution in [1.29, 1.82) is 0 Å². The number of anilines is 2. The zero-order valence-electron chi connectivity index (χ0n) is 16.9. The van der Waals surface area contributed by atoms with E-state index in [2.05, 4.69) is 22.8 Å². The SMILES string of the molecule is O=C(Nc1ccc(NC2CCCCC2)cc1)c1ccccc1SCC1CCCO1.